The molecule has 0 unspecified atom stereocenters. The van der Waals surface area contributed by atoms with Gasteiger partial charge in [0, 0.05) is 37.6 Å². The van der Waals surface area contributed by atoms with Gasteiger partial charge in [0.25, 0.3) is 0 Å². The lowest BCUT2D eigenvalue weighted by Crippen LogP contribution is -2.37. The van der Waals surface area contributed by atoms with Crippen LogP contribution in [0.2, 0.25) is 0 Å². The van der Waals surface area contributed by atoms with Crippen molar-refractivity contribution < 1.29 is 17.6 Å². The smallest absolute Gasteiger partial charge is 0.241 e. The van der Waals surface area contributed by atoms with E-state index in [0.717, 1.165) is 34.5 Å². The highest BCUT2D eigenvalue weighted by Gasteiger charge is 2.35. The van der Waals surface area contributed by atoms with Crippen LogP contribution in [0, 0.1) is 12.7 Å². The average Bonchev–Trinajstić information content (AvgIpc) is 3.37. The third kappa shape index (κ3) is 6.73. The Morgan fingerprint density at radius 1 is 1.12 bits per heavy atom. The summed E-state index contributed by atoms with van der Waals surface area (Å²) in [5.74, 6) is 0.162. The Hall–Kier alpha value is -3.82. The number of halogens is 1. The molecule has 9 heteroatoms. The van der Waals surface area contributed by atoms with Crippen LogP contribution in [0.25, 0.3) is 0 Å². The van der Waals surface area contributed by atoms with Gasteiger partial charge >= 0.3 is 0 Å². The second kappa shape index (κ2) is 12.1. The number of nitrogens with one attached hydrogen (secondary N) is 1. The molecule has 5 rings (SSSR count). The first-order valence-corrected chi connectivity index (χ1v) is 16.1. The molecule has 1 amide bonds. The highest BCUT2D eigenvalue weighted by atomic mass is 32.2. The van der Waals surface area contributed by atoms with E-state index >= 15 is 0 Å². The number of carbonyl (C=O) groups is 1. The third-order valence-electron chi connectivity index (χ3n) is 8.58. The second-order valence-corrected chi connectivity index (χ2v) is 14.0. The molecule has 4 aromatic rings. The first kappa shape index (κ1) is 30.6. The third-order valence-corrected chi connectivity index (χ3v) is 10.1. The van der Waals surface area contributed by atoms with E-state index in [-0.39, 0.29) is 40.9 Å². The van der Waals surface area contributed by atoms with E-state index in [1.165, 1.54) is 12.1 Å². The fraction of sp³-hybridized carbons (Fsp3) is 0.353. The highest BCUT2D eigenvalue weighted by Crippen LogP contribution is 2.43. The van der Waals surface area contributed by atoms with E-state index in [4.69, 9.17) is 0 Å². The molecule has 0 fully saturated rings. The number of hydrogen-bond donors (Lipinski definition) is 1. The number of anilines is 1. The van der Waals surface area contributed by atoms with Crippen molar-refractivity contribution in [3.05, 3.63) is 113 Å². The van der Waals surface area contributed by atoms with Crippen molar-refractivity contribution in [3.63, 3.8) is 0 Å². The predicted molar refractivity (Wildman–Crippen MR) is 167 cm³/mol. The number of fused-ring (bicyclic) bond motifs is 1. The van der Waals surface area contributed by atoms with Gasteiger partial charge in [0.2, 0.25) is 15.9 Å². The van der Waals surface area contributed by atoms with Crippen LogP contribution in [0.4, 0.5) is 10.1 Å². The second-order valence-electron chi connectivity index (χ2n) is 12.3. The number of amides is 1. The summed E-state index contributed by atoms with van der Waals surface area (Å²) in [5.41, 5.74) is 4.31. The molecule has 0 bridgehead atoms. The minimum Gasteiger partial charge on any atom is -0.337 e. The fourth-order valence-electron chi connectivity index (χ4n) is 5.81. The summed E-state index contributed by atoms with van der Waals surface area (Å²) in [6, 6.07) is 18.5. The normalized spacial score (nSPS) is 16.8. The molecule has 3 aromatic carbocycles. The van der Waals surface area contributed by atoms with Gasteiger partial charge in [-0.05, 0) is 84.2 Å². The van der Waals surface area contributed by atoms with Crippen LogP contribution in [0.1, 0.15) is 80.1 Å². The molecule has 2 atom stereocenters. The number of hydrogen-bond acceptors (Lipinski definition) is 4. The van der Waals surface area contributed by atoms with Crippen molar-refractivity contribution >= 4 is 21.6 Å². The molecule has 7 nitrogen and oxygen atoms in total. The quantitative estimate of drug-likeness (QED) is 0.232. The maximum absolute atomic E-state index is 14.0. The summed E-state index contributed by atoms with van der Waals surface area (Å²) in [6.45, 7) is 8.45. The molecule has 0 aliphatic heterocycles. The molecule has 1 aliphatic rings. The average molecular weight is 603 g/mol. The summed E-state index contributed by atoms with van der Waals surface area (Å²) in [7, 11) is -1.89. The zero-order valence-corrected chi connectivity index (χ0v) is 26.2. The lowest BCUT2D eigenvalue weighted by molar-refractivity contribution is -0.119. The molecule has 1 aromatic heterocycles. The van der Waals surface area contributed by atoms with Crippen LogP contribution < -0.4 is 9.62 Å². The number of sulfonamides is 1. The number of aromatic nitrogens is 2. The predicted octanol–water partition coefficient (Wildman–Crippen LogP) is 6.69. The molecule has 0 saturated heterocycles. The number of aryl methyl sites for hydroxylation is 2. The van der Waals surface area contributed by atoms with Crippen molar-refractivity contribution in [1.82, 2.24) is 14.3 Å². The lowest BCUT2D eigenvalue weighted by Gasteiger charge is -2.38. The van der Waals surface area contributed by atoms with Crippen LogP contribution in [-0.2, 0) is 33.8 Å². The highest BCUT2D eigenvalue weighted by molar-refractivity contribution is 7.89. The van der Waals surface area contributed by atoms with E-state index in [1.807, 2.05) is 49.9 Å². The number of nitrogens with zero attached hydrogens (tertiary/aromatic N) is 3. The van der Waals surface area contributed by atoms with Crippen molar-refractivity contribution in [2.45, 2.75) is 75.8 Å². The van der Waals surface area contributed by atoms with Gasteiger partial charge < -0.3 is 9.47 Å². The molecule has 226 valence electrons. The van der Waals surface area contributed by atoms with Crippen molar-refractivity contribution in [1.29, 1.82) is 0 Å². The summed E-state index contributed by atoms with van der Waals surface area (Å²) >= 11 is 0. The molecule has 0 radical (unpaired) electrons. The maximum atomic E-state index is 14.0. The van der Waals surface area contributed by atoms with Gasteiger partial charge in [-0.3, -0.25) is 4.79 Å². The molecular formula is C34H39FN4O3S. The van der Waals surface area contributed by atoms with Crippen LogP contribution >= 0.6 is 0 Å². The number of benzene rings is 3. The van der Waals surface area contributed by atoms with Gasteiger partial charge in [0.15, 0.2) is 0 Å². The summed E-state index contributed by atoms with van der Waals surface area (Å²) in [5, 5.41) is 0. The van der Waals surface area contributed by atoms with Gasteiger partial charge in [0.1, 0.15) is 11.6 Å². The SMILES string of the molecule is Cc1ccc(S(=O)(=O)N[C@H]2CCC(C)(C)c3ccc(N(Cc4nccn4C)C(=O)C[C@H](C)c4ccc(F)cc4)cc32)cc1. The van der Waals surface area contributed by atoms with Crippen LogP contribution in [0.15, 0.2) is 84.0 Å². The minimum absolute atomic E-state index is 0.105. The fourth-order valence-corrected chi connectivity index (χ4v) is 7.06. The Balaban J connectivity index is 1.50. The summed E-state index contributed by atoms with van der Waals surface area (Å²) in [6.07, 6.45) is 5.19. The van der Waals surface area contributed by atoms with Crippen molar-refractivity contribution in [3.8, 4) is 0 Å². The molecule has 0 spiro atoms. The van der Waals surface area contributed by atoms with E-state index < -0.39 is 16.1 Å². The Bertz CT molecular complexity index is 1710. The number of rotatable bonds is 9. The van der Waals surface area contributed by atoms with Crippen molar-refractivity contribution in [2.24, 2.45) is 7.05 Å². The van der Waals surface area contributed by atoms with Crippen LogP contribution in [-0.4, -0.2) is 23.9 Å². The largest absolute Gasteiger partial charge is 0.337 e. The Morgan fingerprint density at radius 2 is 1.81 bits per heavy atom. The number of carbonyl (C=O) groups excluding carboxylic acids is 1. The van der Waals surface area contributed by atoms with E-state index in [9.17, 15) is 17.6 Å². The minimum atomic E-state index is -3.77. The van der Waals surface area contributed by atoms with Gasteiger partial charge in [-0.2, -0.15) is 0 Å². The monoisotopic (exact) mass is 602 g/mol. The van der Waals surface area contributed by atoms with Gasteiger partial charge in [0.05, 0.1) is 11.4 Å². The van der Waals surface area contributed by atoms with Gasteiger partial charge in [-0.25, -0.2) is 22.5 Å². The van der Waals surface area contributed by atoms with E-state index in [2.05, 4.69) is 23.6 Å². The van der Waals surface area contributed by atoms with Crippen molar-refractivity contribution in [2.75, 3.05) is 4.90 Å². The molecule has 0 saturated carbocycles. The van der Waals surface area contributed by atoms with Crippen LogP contribution in [0.5, 0.6) is 0 Å². The van der Waals surface area contributed by atoms with E-state index in [0.29, 0.717) is 12.1 Å². The zero-order chi connectivity index (χ0) is 30.9. The molecule has 1 aliphatic carbocycles. The van der Waals surface area contributed by atoms with Gasteiger partial charge in [-0.1, -0.05) is 56.7 Å². The topological polar surface area (TPSA) is 84.3 Å². The first-order valence-electron chi connectivity index (χ1n) is 14.6. The maximum Gasteiger partial charge on any atom is 0.241 e. The Kier molecular flexibility index (Phi) is 8.58. The summed E-state index contributed by atoms with van der Waals surface area (Å²) < 4.78 is 45.2. The number of imidazole rings is 1. The standard InChI is InChI=1S/C34H39FN4O3S/c1-23-6-13-28(14-7-23)43(41,42)37-31-16-17-34(3,4)30-15-12-27(21-29(30)31)39(22-32-36-18-19-38(32)5)33(40)20-24(2)25-8-10-26(35)11-9-25/h6-15,18-19,21,24,31,37H,16-17,20,22H2,1-5H3/t24-,31-/m0/s1. The van der Waals surface area contributed by atoms with Crippen LogP contribution in [0.3, 0.4) is 0 Å². The van der Waals surface area contributed by atoms with E-state index in [1.54, 1.807) is 47.5 Å². The molecular weight excluding hydrogens is 563 g/mol. The lowest BCUT2D eigenvalue weighted by atomic mass is 9.71. The van der Waals surface area contributed by atoms with Gasteiger partial charge in [-0.15, -0.1) is 0 Å². The molecule has 1 heterocycles. The summed E-state index contributed by atoms with van der Waals surface area (Å²) in [4.78, 5) is 20.4. The molecule has 1 N–H and O–H groups in total. The zero-order valence-electron chi connectivity index (χ0n) is 25.3. The first-order chi connectivity index (χ1) is 20.3. The Morgan fingerprint density at radius 3 is 2.47 bits per heavy atom. The molecule has 43 heavy (non-hydrogen) atoms. The Labute approximate surface area is 253 Å².